The van der Waals surface area contributed by atoms with Gasteiger partial charge in [-0.2, -0.15) is 5.10 Å². The summed E-state index contributed by atoms with van der Waals surface area (Å²) in [6, 6.07) is -0.0492. The van der Waals surface area contributed by atoms with E-state index in [0.29, 0.717) is 5.02 Å². The molecule has 0 fully saturated rings. The lowest BCUT2D eigenvalue weighted by atomic mass is 9.99. The summed E-state index contributed by atoms with van der Waals surface area (Å²) in [6.07, 6.45) is 1.65. The van der Waals surface area contributed by atoms with Gasteiger partial charge in [-0.1, -0.05) is 11.6 Å². The van der Waals surface area contributed by atoms with Gasteiger partial charge in [0.05, 0.1) is 23.0 Å². The molecule has 2 aromatic heterocycles. The summed E-state index contributed by atoms with van der Waals surface area (Å²) >= 11 is 6.31. The zero-order chi connectivity index (χ0) is 15.0. The summed E-state index contributed by atoms with van der Waals surface area (Å²) in [4.78, 5) is 0. The highest BCUT2D eigenvalue weighted by Gasteiger charge is 2.27. The molecule has 0 radical (unpaired) electrons. The zero-order valence-electron chi connectivity index (χ0n) is 12.5. The third kappa shape index (κ3) is 2.37. The molecule has 0 saturated heterocycles. The Labute approximate surface area is 124 Å². The molecule has 0 amide bonds. The lowest BCUT2D eigenvalue weighted by Gasteiger charge is -2.21. The minimum absolute atomic E-state index is 0.196. The minimum atomic E-state index is -0.246. The number of furan rings is 1. The van der Waals surface area contributed by atoms with Gasteiger partial charge in [0.1, 0.15) is 11.5 Å². The first-order valence-corrected chi connectivity index (χ1v) is 7.01. The van der Waals surface area contributed by atoms with Crippen molar-refractivity contribution in [2.24, 2.45) is 5.84 Å². The SMILES string of the molecule is Cc1oc(C)c(C(NN)c2c(Cl)cnn2C(C)C)c1C. The fraction of sp³-hybridized carbons (Fsp3) is 0.500. The highest BCUT2D eigenvalue weighted by atomic mass is 35.5. The van der Waals surface area contributed by atoms with Crippen LogP contribution in [0.3, 0.4) is 0 Å². The number of nitrogens with one attached hydrogen (secondary N) is 1. The fourth-order valence-corrected chi connectivity index (χ4v) is 2.81. The van der Waals surface area contributed by atoms with Crippen molar-refractivity contribution < 1.29 is 4.42 Å². The molecule has 0 aliphatic heterocycles. The van der Waals surface area contributed by atoms with Gasteiger partial charge in [0.2, 0.25) is 0 Å². The van der Waals surface area contributed by atoms with Crippen molar-refractivity contribution in [3.8, 4) is 0 Å². The normalized spacial score (nSPS) is 13.2. The topological polar surface area (TPSA) is 69.0 Å². The van der Waals surface area contributed by atoms with Gasteiger partial charge in [0, 0.05) is 11.6 Å². The Morgan fingerprint density at radius 3 is 2.40 bits per heavy atom. The van der Waals surface area contributed by atoms with Crippen LogP contribution in [0.5, 0.6) is 0 Å². The number of hydrogen-bond donors (Lipinski definition) is 2. The van der Waals surface area contributed by atoms with E-state index in [4.69, 9.17) is 21.9 Å². The molecule has 3 N–H and O–H groups in total. The van der Waals surface area contributed by atoms with Gasteiger partial charge < -0.3 is 4.42 Å². The van der Waals surface area contributed by atoms with Gasteiger partial charge in [-0.25, -0.2) is 5.43 Å². The second kappa shape index (κ2) is 5.60. The number of halogens is 1. The maximum absolute atomic E-state index is 6.31. The Morgan fingerprint density at radius 2 is 1.95 bits per heavy atom. The van der Waals surface area contributed by atoms with Crippen LogP contribution < -0.4 is 11.3 Å². The number of aromatic nitrogens is 2. The molecule has 110 valence electrons. The molecular formula is C14H21ClN4O. The summed E-state index contributed by atoms with van der Waals surface area (Å²) in [6.45, 7) is 10.0. The highest BCUT2D eigenvalue weighted by Crippen LogP contribution is 2.35. The van der Waals surface area contributed by atoms with Gasteiger partial charge in [-0.3, -0.25) is 10.5 Å². The van der Waals surface area contributed by atoms with Crippen LogP contribution in [-0.4, -0.2) is 9.78 Å². The summed E-state index contributed by atoms with van der Waals surface area (Å²) in [7, 11) is 0. The van der Waals surface area contributed by atoms with Gasteiger partial charge in [0.15, 0.2) is 0 Å². The van der Waals surface area contributed by atoms with Crippen molar-refractivity contribution in [1.29, 1.82) is 0 Å². The summed E-state index contributed by atoms with van der Waals surface area (Å²) in [5, 5.41) is 4.93. The van der Waals surface area contributed by atoms with Crippen LogP contribution in [0.1, 0.15) is 54.3 Å². The van der Waals surface area contributed by atoms with Crippen LogP contribution in [0.4, 0.5) is 0 Å². The Balaban J connectivity index is 2.61. The van der Waals surface area contributed by atoms with E-state index in [1.807, 2.05) is 25.5 Å². The third-order valence-electron chi connectivity index (χ3n) is 3.62. The van der Waals surface area contributed by atoms with Gasteiger partial charge >= 0.3 is 0 Å². The Bertz CT molecular complexity index is 615. The van der Waals surface area contributed by atoms with Crippen molar-refractivity contribution in [3.05, 3.63) is 39.6 Å². The molecule has 0 aromatic carbocycles. The summed E-state index contributed by atoms with van der Waals surface area (Å²) < 4.78 is 7.58. The van der Waals surface area contributed by atoms with Crippen LogP contribution in [0.2, 0.25) is 5.02 Å². The first-order valence-electron chi connectivity index (χ1n) is 6.64. The Morgan fingerprint density at radius 1 is 1.30 bits per heavy atom. The lowest BCUT2D eigenvalue weighted by Crippen LogP contribution is -2.32. The van der Waals surface area contributed by atoms with E-state index in [0.717, 1.165) is 28.3 Å². The van der Waals surface area contributed by atoms with E-state index in [1.165, 1.54) is 0 Å². The summed E-state index contributed by atoms with van der Waals surface area (Å²) in [5.74, 6) is 7.53. The van der Waals surface area contributed by atoms with Gasteiger partial charge in [-0.05, 0) is 40.2 Å². The van der Waals surface area contributed by atoms with Crippen LogP contribution in [-0.2, 0) is 0 Å². The average Bonchev–Trinajstić information content (AvgIpc) is 2.86. The molecular weight excluding hydrogens is 276 g/mol. The highest BCUT2D eigenvalue weighted by molar-refractivity contribution is 6.31. The first-order chi connectivity index (χ1) is 9.38. The zero-order valence-corrected chi connectivity index (χ0v) is 13.2. The van der Waals surface area contributed by atoms with E-state index in [-0.39, 0.29) is 12.1 Å². The molecule has 0 aliphatic rings. The van der Waals surface area contributed by atoms with Crippen LogP contribution >= 0.6 is 11.6 Å². The summed E-state index contributed by atoms with van der Waals surface area (Å²) in [5.41, 5.74) is 5.81. The molecule has 5 nitrogen and oxygen atoms in total. The molecule has 0 saturated carbocycles. The van der Waals surface area contributed by atoms with Gasteiger partial charge in [-0.15, -0.1) is 0 Å². The van der Waals surface area contributed by atoms with Crippen molar-refractivity contribution >= 4 is 11.6 Å². The number of hydrazine groups is 1. The Hall–Kier alpha value is -1.30. The molecule has 20 heavy (non-hydrogen) atoms. The van der Waals surface area contributed by atoms with Crippen molar-refractivity contribution in [2.45, 2.75) is 46.7 Å². The number of hydrogen-bond acceptors (Lipinski definition) is 4. The second-order valence-corrected chi connectivity index (χ2v) is 5.68. The van der Waals surface area contributed by atoms with Gasteiger partial charge in [0.25, 0.3) is 0 Å². The first kappa shape index (κ1) is 15.1. The number of nitrogens with two attached hydrogens (primary N) is 1. The van der Waals surface area contributed by atoms with E-state index in [9.17, 15) is 0 Å². The second-order valence-electron chi connectivity index (χ2n) is 5.27. The number of rotatable bonds is 4. The standard InChI is InChI=1S/C14H21ClN4O/c1-7(2)19-14(11(15)6-17-19)13(18-16)12-8(3)9(4)20-10(12)5/h6-7,13,18H,16H2,1-5H3. The molecule has 6 heteroatoms. The van der Waals surface area contributed by atoms with Crippen LogP contribution in [0.15, 0.2) is 10.6 Å². The molecule has 2 rings (SSSR count). The number of aryl methyl sites for hydroxylation is 2. The predicted octanol–water partition coefficient (Wildman–Crippen LogP) is 3.19. The lowest BCUT2D eigenvalue weighted by molar-refractivity contribution is 0.465. The smallest absolute Gasteiger partial charge is 0.106 e. The molecule has 2 aromatic rings. The van der Waals surface area contributed by atoms with E-state index >= 15 is 0 Å². The van der Waals surface area contributed by atoms with Crippen LogP contribution in [0, 0.1) is 20.8 Å². The van der Waals surface area contributed by atoms with E-state index in [1.54, 1.807) is 6.20 Å². The fourth-order valence-electron chi connectivity index (χ4n) is 2.57. The van der Waals surface area contributed by atoms with Crippen LogP contribution in [0.25, 0.3) is 0 Å². The monoisotopic (exact) mass is 296 g/mol. The van der Waals surface area contributed by atoms with E-state index < -0.39 is 0 Å². The predicted molar refractivity (Wildman–Crippen MR) is 79.7 cm³/mol. The van der Waals surface area contributed by atoms with Crippen molar-refractivity contribution in [3.63, 3.8) is 0 Å². The molecule has 1 unspecified atom stereocenters. The molecule has 0 aliphatic carbocycles. The molecule has 0 bridgehead atoms. The largest absolute Gasteiger partial charge is 0.466 e. The molecule has 2 heterocycles. The Kier molecular flexibility index (Phi) is 4.22. The molecule has 0 spiro atoms. The van der Waals surface area contributed by atoms with Crippen molar-refractivity contribution in [2.75, 3.05) is 0 Å². The average molecular weight is 297 g/mol. The van der Waals surface area contributed by atoms with E-state index in [2.05, 4.69) is 24.4 Å². The minimum Gasteiger partial charge on any atom is -0.466 e. The third-order valence-corrected chi connectivity index (χ3v) is 3.91. The maximum atomic E-state index is 6.31. The quantitative estimate of drug-likeness (QED) is 0.671. The molecule has 1 atom stereocenters. The van der Waals surface area contributed by atoms with Crippen molar-refractivity contribution in [1.82, 2.24) is 15.2 Å². The number of nitrogens with zero attached hydrogens (tertiary/aromatic N) is 2. The maximum Gasteiger partial charge on any atom is 0.106 e.